The molecule has 0 spiro atoms. The van der Waals surface area contributed by atoms with Crippen LogP contribution in [0.2, 0.25) is 0 Å². The van der Waals surface area contributed by atoms with Crippen molar-refractivity contribution in [1.29, 1.82) is 0 Å². The van der Waals surface area contributed by atoms with Crippen molar-refractivity contribution in [1.82, 2.24) is 0 Å². The lowest BCUT2D eigenvalue weighted by Crippen LogP contribution is -2.19. The zero-order chi connectivity index (χ0) is 10.5. The third-order valence-corrected chi connectivity index (χ3v) is 3.10. The summed E-state index contributed by atoms with van der Waals surface area (Å²) in [4.78, 5) is 4.42. The van der Waals surface area contributed by atoms with Gasteiger partial charge in [-0.1, -0.05) is 0 Å². The first-order valence-electron chi connectivity index (χ1n) is 4.90. The molecule has 0 radical (unpaired) electrons. The Morgan fingerprint density at radius 1 is 1.33 bits per heavy atom. The van der Waals surface area contributed by atoms with Crippen LogP contribution in [-0.4, -0.2) is 31.0 Å². The summed E-state index contributed by atoms with van der Waals surface area (Å²) in [5, 5.41) is 3.31. The second-order valence-corrected chi connectivity index (χ2v) is 4.34. The second-order valence-electron chi connectivity index (χ2n) is 3.23. The Bertz CT molecular complexity index is 348. The Kier molecular flexibility index (Phi) is 3.50. The van der Waals surface area contributed by atoms with Gasteiger partial charge in [0, 0.05) is 11.4 Å². The number of nitrogens with one attached hydrogen (secondary N) is 1. The predicted molar refractivity (Wildman–Crippen MR) is 66.2 cm³/mol. The third kappa shape index (κ3) is 2.89. The van der Waals surface area contributed by atoms with E-state index in [9.17, 15) is 0 Å². The Hall–Kier alpha value is -1.16. The predicted octanol–water partition coefficient (Wildman–Crippen LogP) is 2.25. The van der Waals surface area contributed by atoms with Crippen LogP contribution < -0.4 is 10.1 Å². The van der Waals surface area contributed by atoms with Crippen LogP contribution in [0.15, 0.2) is 29.3 Å². The van der Waals surface area contributed by atoms with Gasteiger partial charge in [-0.2, -0.15) is 11.8 Å². The second kappa shape index (κ2) is 5.07. The molecule has 0 atom stereocenters. The smallest absolute Gasteiger partial charge is 0.119 e. The van der Waals surface area contributed by atoms with E-state index >= 15 is 0 Å². The van der Waals surface area contributed by atoms with Gasteiger partial charge in [0.2, 0.25) is 0 Å². The molecule has 0 unspecified atom stereocenters. The first-order valence-corrected chi connectivity index (χ1v) is 6.06. The number of aliphatic imine (C=N–C) groups is 1. The van der Waals surface area contributed by atoms with Crippen molar-refractivity contribution in [2.45, 2.75) is 0 Å². The van der Waals surface area contributed by atoms with Gasteiger partial charge in [0.25, 0.3) is 0 Å². The molecule has 0 aliphatic carbocycles. The van der Waals surface area contributed by atoms with E-state index in [0.717, 1.165) is 35.3 Å². The van der Waals surface area contributed by atoms with Gasteiger partial charge in [0.15, 0.2) is 0 Å². The van der Waals surface area contributed by atoms with Crippen LogP contribution in [0.5, 0.6) is 5.75 Å². The molecule has 1 aliphatic heterocycles. The standard InChI is InChI=1S/C11H14N2OS/c1-14-10-4-2-9(3-5-10)13-11-8-15-7-6-12-11/h2-5H,6-8H2,1H3,(H,12,13). The number of rotatable bonds is 2. The maximum Gasteiger partial charge on any atom is 0.119 e. The highest BCUT2D eigenvalue weighted by Gasteiger charge is 2.05. The molecule has 3 nitrogen and oxygen atoms in total. The minimum absolute atomic E-state index is 0.875. The normalized spacial score (nSPS) is 15.7. The largest absolute Gasteiger partial charge is 0.497 e. The van der Waals surface area contributed by atoms with E-state index in [2.05, 4.69) is 10.3 Å². The van der Waals surface area contributed by atoms with E-state index in [4.69, 9.17) is 4.74 Å². The Morgan fingerprint density at radius 3 is 2.73 bits per heavy atom. The van der Waals surface area contributed by atoms with Crippen LogP contribution in [0, 0.1) is 0 Å². The molecule has 0 saturated carbocycles. The first kappa shape index (κ1) is 10.4. The zero-order valence-corrected chi connectivity index (χ0v) is 9.51. The van der Waals surface area contributed by atoms with Gasteiger partial charge in [-0.25, -0.2) is 0 Å². The highest BCUT2D eigenvalue weighted by Crippen LogP contribution is 2.16. The molecule has 4 heteroatoms. The number of methoxy groups -OCH3 is 1. The fraction of sp³-hybridized carbons (Fsp3) is 0.364. The van der Waals surface area contributed by atoms with Crippen molar-refractivity contribution in [2.24, 2.45) is 4.99 Å². The molecular weight excluding hydrogens is 208 g/mol. The van der Waals surface area contributed by atoms with E-state index < -0.39 is 0 Å². The molecule has 15 heavy (non-hydrogen) atoms. The molecule has 1 aliphatic rings. The summed E-state index contributed by atoms with van der Waals surface area (Å²) in [5.41, 5.74) is 1.07. The van der Waals surface area contributed by atoms with Crippen molar-refractivity contribution in [3.05, 3.63) is 24.3 Å². The number of nitrogens with zero attached hydrogens (tertiary/aromatic N) is 1. The summed E-state index contributed by atoms with van der Waals surface area (Å²) in [7, 11) is 1.67. The van der Waals surface area contributed by atoms with E-state index in [-0.39, 0.29) is 0 Å². The van der Waals surface area contributed by atoms with Crippen molar-refractivity contribution in [3.63, 3.8) is 0 Å². The number of benzene rings is 1. The van der Waals surface area contributed by atoms with Crippen LogP contribution in [0.4, 0.5) is 5.69 Å². The monoisotopic (exact) mass is 222 g/mol. The van der Waals surface area contributed by atoms with Gasteiger partial charge in [-0.3, -0.25) is 4.99 Å². The Labute approximate surface area is 93.9 Å². The summed E-state index contributed by atoms with van der Waals surface area (Å²) in [6.45, 7) is 0.920. The lowest BCUT2D eigenvalue weighted by atomic mass is 10.3. The molecule has 1 heterocycles. The van der Waals surface area contributed by atoms with Gasteiger partial charge in [-0.05, 0) is 24.3 Å². The van der Waals surface area contributed by atoms with E-state index in [1.165, 1.54) is 0 Å². The molecule has 0 aromatic heterocycles. The van der Waals surface area contributed by atoms with Gasteiger partial charge < -0.3 is 10.1 Å². The molecular formula is C11H14N2OS. The lowest BCUT2D eigenvalue weighted by Gasteiger charge is -2.13. The molecule has 1 aromatic rings. The molecule has 0 saturated heterocycles. The van der Waals surface area contributed by atoms with Crippen LogP contribution in [0.3, 0.4) is 0 Å². The number of thioether (sulfide) groups is 1. The van der Waals surface area contributed by atoms with Gasteiger partial charge >= 0.3 is 0 Å². The van der Waals surface area contributed by atoms with Crippen molar-refractivity contribution in [3.8, 4) is 5.75 Å². The van der Waals surface area contributed by atoms with Crippen molar-refractivity contribution >= 4 is 23.3 Å². The quantitative estimate of drug-likeness (QED) is 0.833. The molecule has 1 aromatic carbocycles. The molecule has 80 valence electrons. The van der Waals surface area contributed by atoms with E-state index in [1.807, 2.05) is 36.0 Å². The minimum atomic E-state index is 0.875. The molecule has 0 fully saturated rings. The van der Waals surface area contributed by atoms with Gasteiger partial charge in [0.1, 0.15) is 11.6 Å². The maximum atomic E-state index is 5.10. The Balaban J connectivity index is 2.00. The maximum absolute atomic E-state index is 5.10. The van der Waals surface area contributed by atoms with Crippen LogP contribution in [-0.2, 0) is 0 Å². The van der Waals surface area contributed by atoms with E-state index in [1.54, 1.807) is 7.11 Å². The SMILES string of the molecule is COc1ccc(NC2=NCCSC2)cc1. The average molecular weight is 222 g/mol. The van der Waals surface area contributed by atoms with Crippen LogP contribution in [0.1, 0.15) is 0 Å². The highest BCUT2D eigenvalue weighted by atomic mass is 32.2. The number of anilines is 1. The van der Waals surface area contributed by atoms with Crippen molar-refractivity contribution in [2.75, 3.05) is 30.5 Å². The zero-order valence-electron chi connectivity index (χ0n) is 8.69. The third-order valence-electron chi connectivity index (χ3n) is 2.16. The number of hydrogen-bond acceptors (Lipinski definition) is 4. The van der Waals surface area contributed by atoms with E-state index in [0.29, 0.717) is 0 Å². The van der Waals surface area contributed by atoms with Gasteiger partial charge in [0.05, 0.1) is 19.4 Å². The number of amidine groups is 1. The average Bonchev–Trinajstić information content (AvgIpc) is 2.31. The summed E-state index contributed by atoms with van der Waals surface area (Å²) >= 11 is 1.91. The first-order chi connectivity index (χ1) is 7.38. The summed E-state index contributed by atoms with van der Waals surface area (Å²) in [5.74, 6) is 4.05. The van der Waals surface area contributed by atoms with Crippen LogP contribution in [0.25, 0.3) is 0 Å². The minimum Gasteiger partial charge on any atom is -0.497 e. The van der Waals surface area contributed by atoms with Crippen molar-refractivity contribution < 1.29 is 4.74 Å². The molecule has 2 rings (SSSR count). The Morgan fingerprint density at radius 2 is 2.13 bits per heavy atom. The number of hydrogen-bond donors (Lipinski definition) is 1. The summed E-state index contributed by atoms with van der Waals surface area (Å²) < 4.78 is 5.10. The summed E-state index contributed by atoms with van der Waals surface area (Å²) in [6.07, 6.45) is 0. The fourth-order valence-corrected chi connectivity index (χ4v) is 2.10. The highest BCUT2D eigenvalue weighted by molar-refractivity contribution is 8.00. The molecule has 0 bridgehead atoms. The topological polar surface area (TPSA) is 33.6 Å². The van der Waals surface area contributed by atoms with Gasteiger partial charge in [-0.15, -0.1) is 0 Å². The van der Waals surface area contributed by atoms with Crippen LogP contribution >= 0.6 is 11.8 Å². The summed E-state index contributed by atoms with van der Waals surface area (Å²) in [6, 6.07) is 7.89. The molecule has 0 amide bonds. The number of ether oxygens (including phenoxy) is 1. The lowest BCUT2D eigenvalue weighted by molar-refractivity contribution is 0.415. The fourth-order valence-electron chi connectivity index (χ4n) is 1.38. The molecule has 1 N–H and O–H groups in total.